The molecule has 1 aliphatic rings. The summed E-state index contributed by atoms with van der Waals surface area (Å²) in [5.41, 5.74) is 1.44. The molecule has 1 saturated heterocycles. The minimum Gasteiger partial charge on any atom is -0.371 e. The number of hydrogen-bond acceptors (Lipinski definition) is 5. The van der Waals surface area contributed by atoms with Crippen LogP contribution in [0.3, 0.4) is 0 Å². The molecule has 1 amide bonds. The zero-order valence-corrected chi connectivity index (χ0v) is 14.3. The maximum absolute atomic E-state index is 13.1. The molecule has 3 rings (SSSR count). The normalized spacial score (nSPS) is 18.0. The summed E-state index contributed by atoms with van der Waals surface area (Å²) in [6.07, 6.45) is 1.02. The van der Waals surface area contributed by atoms with Gasteiger partial charge in [0.25, 0.3) is 0 Å². The van der Waals surface area contributed by atoms with Gasteiger partial charge in [0.2, 0.25) is 5.91 Å². The Labute approximate surface area is 144 Å². The number of aryl methyl sites for hydroxylation is 1. The van der Waals surface area contributed by atoms with E-state index in [1.807, 2.05) is 17.2 Å². The summed E-state index contributed by atoms with van der Waals surface area (Å²) in [7, 11) is 0. The van der Waals surface area contributed by atoms with Crippen LogP contribution in [0, 0.1) is 12.7 Å². The van der Waals surface area contributed by atoms with Crippen LogP contribution in [-0.4, -0.2) is 41.5 Å². The molecule has 0 spiro atoms. The number of benzene rings is 1. The Hall–Kier alpha value is -1.83. The standard InChI is InChI=1S/C17H20FN3O2S/c1-12-19-15(11-24-12)10-23-16-5-6-21(8-16)9-17(22)20-14-4-2-3-13(18)7-14/h2-4,7,11,16H,5-6,8-10H2,1H3,(H,20,22)/t16-/m0/s1. The molecule has 1 aliphatic heterocycles. The summed E-state index contributed by atoms with van der Waals surface area (Å²) < 4.78 is 19.0. The Kier molecular flexibility index (Phi) is 5.55. The summed E-state index contributed by atoms with van der Waals surface area (Å²) in [4.78, 5) is 18.5. The molecule has 2 heterocycles. The predicted molar refractivity (Wildman–Crippen MR) is 91.5 cm³/mol. The van der Waals surface area contributed by atoms with E-state index >= 15 is 0 Å². The van der Waals surface area contributed by atoms with E-state index in [1.54, 1.807) is 23.5 Å². The van der Waals surface area contributed by atoms with Gasteiger partial charge in [-0.15, -0.1) is 11.3 Å². The van der Waals surface area contributed by atoms with Crippen molar-refractivity contribution in [3.05, 3.63) is 46.2 Å². The van der Waals surface area contributed by atoms with Crippen LogP contribution in [0.2, 0.25) is 0 Å². The van der Waals surface area contributed by atoms with Gasteiger partial charge in [-0.3, -0.25) is 9.69 Å². The first-order valence-corrected chi connectivity index (χ1v) is 8.77. The number of rotatable bonds is 6. The molecule has 1 N–H and O–H groups in total. The number of aromatic nitrogens is 1. The second-order valence-electron chi connectivity index (χ2n) is 5.87. The molecule has 128 valence electrons. The van der Waals surface area contributed by atoms with Gasteiger partial charge in [-0.2, -0.15) is 0 Å². The van der Waals surface area contributed by atoms with E-state index in [2.05, 4.69) is 10.3 Å². The van der Waals surface area contributed by atoms with E-state index in [-0.39, 0.29) is 24.4 Å². The van der Waals surface area contributed by atoms with Gasteiger partial charge >= 0.3 is 0 Å². The molecule has 0 radical (unpaired) electrons. The number of likely N-dealkylation sites (tertiary alicyclic amines) is 1. The minimum atomic E-state index is -0.361. The van der Waals surface area contributed by atoms with Crippen LogP contribution in [0.4, 0.5) is 10.1 Å². The SMILES string of the molecule is Cc1nc(CO[C@H]2CCN(CC(=O)Nc3cccc(F)c3)C2)cs1. The summed E-state index contributed by atoms with van der Waals surface area (Å²) in [5.74, 6) is -0.504. The highest BCUT2D eigenvalue weighted by atomic mass is 32.1. The van der Waals surface area contributed by atoms with Crippen LogP contribution in [-0.2, 0) is 16.1 Å². The first-order valence-electron chi connectivity index (χ1n) is 7.89. The summed E-state index contributed by atoms with van der Waals surface area (Å²) in [6.45, 7) is 4.31. The number of amides is 1. The Morgan fingerprint density at radius 1 is 1.54 bits per heavy atom. The second-order valence-corrected chi connectivity index (χ2v) is 6.94. The molecule has 7 heteroatoms. The topological polar surface area (TPSA) is 54.5 Å². The number of nitrogens with zero attached hydrogens (tertiary/aromatic N) is 2. The maximum atomic E-state index is 13.1. The minimum absolute atomic E-state index is 0.119. The third-order valence-corrected chi connectivity index (χ3v) is 4.66. The molecular weight excluding hydrogens is 329 g/mol. The van der Waals surface area contributed by atoms with Gasteiger partial charge in [0, 0.05) is 24.2 Å². The van der Waals surface area contributed by atoms with Gasteiger partial charge in [-0.1, -0.05) is 6.07 Å². The summed E-state index contributed by atoms with van der Waals surface area (Å²) in [6, 6.07) is 5.91. The average molecular weight is 349 g/mol. The van der Waals surface area contributed by atoms with Gasteiger partial charge in [0.1, 0.15) is 5.82 Å². The van der Waals surface area contributed by atoms with Crippen molar-refractivity contribution in [1.82, 2.24) is 9.88 Å². The largest absolute Gasteiger partial charge is 0.371 e. The third kappa shape index (κ3) is 4.83. The van der Waals surface area contributed by atoms with E-state index in [4.69, 9.17) is 4.74 Å². The number of anilines is 1. The lowest BCUT2D eigenvalue weighted by Crippen LogP contribution is -2.32. The fourth-order valence-corrected chi connectivity index (χ4v) is 3.32. The van der Waals surface area contributed by atoms with Crippen molar-refractivity contribution >= 4 is 22.9 Å². The van der Waals surface area contributed by atoms with E-state index < -0.39 is 0 Å². The van der Waals surface area contributed by atoms with Gasteiger partial charge in [-0.25, -0.2) is 9.37 Å². The second kappa shape index (κ2) is 7.83. The summed E-state index contributed by atoms with van der Waals surface area (Å²) in [5, 5.41) is 5.76. The number of carbonyl (C=O) groups is 1. The Balaban J connectivity index is 1.41. The quantitative estimate of drug-likeness (QED) is 0.871. The van der Waals surface area contributed by atoms with E-state index in [9.17, 15) is 9.18 Å². The lowest BCUT2D eigenvalue weighted by molar-refractivity contribution is -0.117. The maximum Gasteiger partial charge on any atom is 0.238 e. The van der Waals surface area contributed by atoms with E-state index in [1.165, 1.54) is 12.1 Å². The van der Waals surface area contributed by atoms with Crippen molar-refractivity contribution in [2.45, 2.75) is 26.1 Å². The number of carbonyl (C=O) groups excluding carboxylic acids is 1. The third-order valence-electron chi connectivity index (χ3n) is 3.84. The number of ether oxygens (including phenoxy) is 1. The molecule has 0 bridgehead atoms. The molecule has 0 aliphatic carbocycles. The smallest absolute Gasteiger partial charge is 0.238 e. The highest BCUT2D eigenvalue weighted by Crippen LogP contribution is 2.16. The Morgan fingerprint density at radius 2 is 2.42 bits per heavy atom. The average Bonchev–Trinajstić information content (AvgIpc) is 3.14. The van der Waals surface area contributed by atoms with Crippen molar-refractivity contribution in [1.29, 1.82) is 0 Å². The van der Waals surface area contributed by atoms with Crippen LogP contribution < -0.4 is 5.32 Å². The lowest BCUT2D eigenvalue weighted by Gasteiger charge is -2.16. The van der Waals surface area contributed by atoms with Gasteiger partial charge in [0.05, 0.1) is 30.0 Å². The highest BCUT2D eigenvalue weighted by molar-refractivity contribution is 7.09. The fourth-order valence-electron chi connectivity index (χ4n) is 2.72. The molecule has 24 heavy (non-hydrogen) atoms. The molecule has 1 atom stereocenters. The first kappa shape index (κ1) is 17.0. The van der Waals surface area contributed by atoms with Crippen LogP contribution in [0.15, 0.2) is 29.6 Å². The molecule has 5 nitrogen and oxygen atoms in total. The van der Waals surface area contributed by atoms with Gasteiger partial charge in [-0.05, 0) is 31.5 Å². The molecule has 1 aromatic carbocycles. The van der Waals surface area contributed by atoms with Crippen molar-refractivity contribution in [2.75, 3.05) is 25.0 Å². The highest BCUT2D eigenvalue weighted by Gasteiger charge is 2.24. The predicted octanol–water partition coefficient (Wildman–Crippen LogP) is 2.82. The molecular formula is C17H20FN3O2S. The zero-order valence-electron chi connectivity index (χ0n) is 13.5. The zero-order chi connectivity index (χ0) is 16.9. The van der Waals surface area contributed by atoms with Crippen LogP contribution in [0.1, 0.15) is 17.1 Å². The van der Waals surface area contributed by atoms with Crippen molar-refractivity contribution in [3.8, 4) is 0 Å². The van der Waals surface area contributed by atoms with Gasteiger partial charge in [0.15, 0.2) is 0 Å². The number of thiazole rings is 1. The first-order chi connectivity index (χ1) is 11.6. The van der Waals surface area contributed by atoms with Crippen molar-refractivity contribution in [2.24, 2.45) is 0 Å². The number of nitrogens with one attached hydrogen (secondary N) is 1. The van der Waals surface area contributed by atoms with Crippen LogP contribution in [0.25, 0.3) is 0 Å². The summed E-state index contributed by atoms with van der Waals surface area (Å²) >= 11 is 1.62. The molecule has 0 saturated carbocycles. The van der Waals surface area contributed by atoms with Crippen LogP contribution >= 0.6 is 11.3 Å². The molecule has 1 fully saturated rings. The van der Waals surface area contributed by atoms with Crippen LogP contribution in [0.5, 0.6) is 0 Å². The van der Waals surface area contributed by atoms with Gasteiger partial charge < -0.3 is 10.1 Å². The van der Waals surface area contributed by atoms with E-state index in [0.717, 1.165) is 30.2 Å². The number of hydrogen-bond donors (Lipinski definition) is 1. The lowest BCUT2D eigenvalue weighted by atomic mass is 10.3. The van der Waals surface area contributed by atoms with Crippen molar-refractivity contribution < 1.29 is 13.9 Å². The molecule has 2 aromatic rings. The van der Waals surface area contributed by atoms with Crippen molar-refractivity contribution in [3.63, 3.8) is 0 Å². The monoisotopic (exact) mass is 349 g/mol. The number of halogens is 1. The van der Waals surface area contributed by atoms with E-state index in [0.29, 0.717) is 12.3 Å². The fraction of sp³-hybridized carbons (Fsp3) is 0.412. The molecule has 1 aromatic heterocycles. The Bertz CT molecular complexity index is 707. The Morgan fingerprint density at radius 3 is 3.17 bits per heavy atom. The molecule has 0 unspecified atom stereocenters.